The van der Waals surface area contributed by atoms with Gasteiger partial charge in [0.1, 0.15) is 11.6 Å². The third-order valence-electron chi connectivity index (χ3n) is 2.76. The van der Waals surface area contributed by atoms with E-state index >= 15 is 0 Å². The molecule has 0 saturated heterocycles. The second-order valence-corrected chi connectivity index (χ2v) is 4.54. The molecule has 0 amide bonds. The summed E-state index contributed by atoms with van der Waals surface area (Å²) in [5.74, 6) is 0.621. The quantitative estimate of drug-likeness (QED) is 0.884. The van der Waals surface area contributed by atoms with Gasteiger partial charge in [-0.15, -0.1) is 0 Å². The lowest BCUT2D eigenvalue weighted by Gasteiger charge is -2.12. The van der Waals surface area contributed by atoms with E-state index in [2.05, 4.69) is 17.4 Å². The molecule has 1 aromatic carbocycles. The summed E-state index contributed by atoms with van der Waals surface area (Å²) in [7, 11) is 0. The number of nitrogens with zero attached hydrogens (tertiary/aromatic N) is 1. The van der Waals surface area contributed by atoms with Crippen LogP contribution >= 0.6 is 0 Å². The van der Waals surface area contributed by atoms with E-state index in [1.165, 1.54) is 12.1 Å². The Kier molecular flexibility index (Phi) is 4.10. The molecule has 0 saturated carbocycles. The second-order valence-electron chi connectivity index (χ2n) is 4.54. The lowest BCUT2D eigenvalue weighted by Crippen LogP contribution is -2.27. The molecule has 3 nitrogen and oxygen atoms in total. The molecule has 0 radical (unpaired) electrons. The Bertz CT molecular complexity index is 493. The molecule has 1 aromatic heterocycles. The molecule has 0 bridgehead atoms. The zero-order valence-corrected chi connectivity index (χ0v) is 10.6. The lowest BCUT2D eigenvalue weighted by atomic mass is 10.1. The SMILES string of the molecule is Cc1cc(CNC(C)Cc2ccc(F)cc2)no1. The van der Waals surface area contributed by atoms with Crippen molar-refractivity contribution in [3.8, 4) is 0 Å². The summed E-state index contributed by atoms with van der Waals surface area (Å²) in [6.45, 7) is 4.65. The number of hydrogen-bond acceptors (Lipinski definition) is 3. The maximum atomic E-state index is 12.8. The van der Waals surface area contributed by atoms with Crippen LogP contribution in [0.15, 0.2) is 34.9 Å². The van der Waals surface area contributed by atoms with Gasteiger partial charge in [0.25, 0.3) is 0 Å². The maximum Gasteiger partial charge on any atom is 0.133 e. The van der Waals surface area contributed by atoms with Crippen LogP contribution in [0.25, 0.3) is 0 Å². The Labute approximate surface area is 106 Å². The average molecular weight is 248 g/mol. The van der Waals surface area contributed by atoms with Crippen LogP contribution in [-0.4, -0.2) is 11.2 Å². The molecule has 0 spiro atoms. The summed E-state index contributed by atoms with van der Waals surface area (Å²) in [4.78, 5) is 0. The largest absolute Gasteiger partial charge is 0.361 e. The fourth-order valence-electron chi connectivity index (χ4n) is 1.83. The molecule has 18 heavy (non-hydrogen) atoms. The Balaban J connectivity index is 1.81. The normalized spacial score (nSPS) is 12.6. The van der Waals surface area contributed by atoms with Crippen molar-refractivity contribution >= 4 is 0 Å². The number of halogens is 1. The molecule has 1 unspecified atom stereocenters. The van der Waals surface area contributed by atoms with Gasteiger partial charge in [-0.25, -0.2) is 4.39 Å². The van der Waals surface area contributed by atoms with Gasteiger partial charge in [0.05, 0.1) is 5.69 Å². The van der Waals surface area contributed by atoms with Crippen molar-refractivity contribution in [3.63, 3.8) is 0 Å². The molecule has 1 atom stereocenters. The highest BCUT2D eigenvalue weighted by atomic mass is 19.1. The number of hydrogen-bond donors (Lipinski definition) is 1. The molecule has 0 aliphatic carbocycles. The summed E-state index contributed by atoms with van der Waals surface area (Å²) in [5.41, 5.74) is 2.02. The third-order valence-corrected chi connectivity index (χ3v) is 2.76. The first-order chi connectivity index (χ1) is 8.63. The van der Waals surface area contributed by atoms with E-state index < -0.39 is 0 Å². The summed E-state index contributed by atoms with van der Waals surface area (Å²) >= 11 is 0. The molecular formula is C14H17FN2O. The summed E-state index contributed by atoms with van der Waals surface area (Å²) in [6, 6.07) is 8.82. The van der Waals surface area contributed by atoms with E-state index in [-0.39, 0.29) is 5.82 Å². The van der Waals surface area contributed by atoms with E-state index in [9.17, 15) is 4.39 Å². The van der Waals surface area contributed by atoms with Crippen molar-refractivity contribution in [2.24, 2.45) is 0 Å². The molecule has 4 heteroatoms. The monoisotopic (exact) mass is 248 g/mol. The van der Waals surface area contributed by atoms with Gasteiger partial charge in [-0.1, -0.05) is 17.3 Å². The number of aryl methyl sites for hydroxylation is 1. The van der Waals surface area contributed by atoms with Crippen molar-refractivity contribution in [3.05, 3.63) is 53.2 Å². The van der Waals surface area contributed by atoms with Gasteiger partial charge < -0.3 is 9.84 Å². The topological polar surface area (TPSA) is 38.1 Å². The smallest absolute Gasteiger partial charge is 0.133 e. The van der Waals surface area contributed by atoms with E-state index in [4.69, 9.17) is 4.52 Å². The zero-order chi connectivity index (χ0) is 13.0. The number of aromatic nitrogens is 1. The van der Waals surface area contributed by atoms with Crippen LogP contribution < -0.4 is 5.32 Å². The van der Waals surface area contributed by atoms with Gasteiger partial charge in [-0.2, -0.15) is 0 Å². The van der Waals surface area contributed by atoms with Crippen LogP contribution in [0.1, 0.15) is 23.9 Å². The van der Waals surface area contributed by atoms with Crippen molar-refractivity contribution in [1.29, 1.82) is 0 Å². The molecule has 2 rings (SSSR count). The van der Waals surface area contributed by atoms with Crippen LogP contribution in [0.4, 0.5) is 4.39 Å². The average Bonchev–Trinajstić information content (AvgIpc) is 2.76. The lowest BCUT2D eigenvalue weighted by molar-refractivity contribution is 0.386. The van der Waals surface area contributed by atoms with Gasteiger partial charge in [-0.3, -0.25) is 0 Å². The second kappa shape index (κ2) is 5.78. The van der Waals surface area contributed by atoms with E-state index in [0.29, 0.717) is 12.6 Å². The standard InChI is InChI=1S/C14H17FN2O/c1-10(7-12-3-5-13(15)6-4-12)16-9-14-8-11(2)18-17-14/h3-6,8,10,16H,7,9H2,1-2H3. The van der Waals surface area contributed by atoms with Crippen LogP contribution in [0.3, 0.4) is 0 Å². The van der Waals surface area contributed by atoms with Crippen LogP contribution in [-0.2, 0) is 13.0 Å². The molecule has 1 heterocycles. The highest BCUT2D eigenvalue weighted by molar-refractivity contribution is 5.17. The first-order valence-corrected chi connectivity index (χ1v) is 6.03. The van der Waals surface area contributed by atoms with Gasteiger partial charge in [0.2, 0.25) is 0 Å². The minimum Gasteiger partial charge on any atom is -0.361 e. The summed E-state index contributed by atoms with van der Waals surface area (Å²) in [5, 5.41) is 7.28. The van der Waals surface area contributed by atoms with Gasteiger partial charge in [-0.05, 0) is 38.0 Å². The summed E-state index contributed by atoms with van der Waals surface area (Å²) in [6.07, 6.45) is 0.858. The Morgan fingerprint density at radius 1 is 1.33 bits per heavy atom. The van der Waals surface area contributed by atoms with Crippen molar-refractivity contribution in [2.75, 3.05) is 0 Å². The predicted octanol–water partition coefficient (Wildman–Crippen LogP) is 2.84. The number of benzene rings is 1. The fraction of sp³-hybridized carbons (Fsp3) is 0.357. The minimum absolute atomic E-state index is 0.197. The highest BCUT2D eigenvalue weighted by Crippen LogP contribution is 2.07. The maximum absolute atomic E-state index is 12.8. The molecule has 2 aromatic rings. The van der Waals surface area contributed by atoms with E-state index in [0.717, 1.165) is 23.4 Å². The molecule has 0 fully saturated rings. The van der Waals surface area contributed by atoms with Crippen LogP contribution in [0, 0.1) is 12.7 Å². The third kappa shape index (κ3) is 3.67. The Hall–Kier alpha value is -1.68. The van der Waals surface area contributed by atoms with Crippen LogP contribution in [0.5, 0.6) is 0 Å². The fourth-order valence-corrected chi connectivity index (χ4v) is 1.83. The summed E-state index contributed by atoms with van der Waals surface area (Å²) < 4.78 is 17.8. The Morgan fingerprint density at radius 3 is 2.67 bits per heavy atom. The predicted molar refractivity (Wildman–Crippen MR) is 67.6 cm³/mol. The molecule has 0 aliphatic heterocycles. The highest BCUT2D eigenvalue weighted by Gasteiger charge is 2.05. The number of nitrogens with one attached hydrogen (secondary N) is 1. The zero-order valence-electron chi connectivity index (χ0n) is 10.6. The van der Waals surface area contributed by atoms with Crippen molar-refractivity contribution < 1.29 is 8.91 Å². The van der Waals surface area contributed by atoms with Gasteiger partial charge >= 0.3 is 0 Å². The Morgan fingerprint density at radius 2 is 2.06 bits per heavy atom. The van der Waals surface area contributed by atoms with Gasteiger partial charge in [0, 0.05) is 18.7 Å². The van der Waals surface area contributed by atoms with E-state index in [1.807, 2.05) is 25.1 Å². The first-order valence-electron chi connectivity index (χ1n) is 6.03. The van der Waals surface area contributed by atoms with E-state index in [1.54, 1.807) is 0 Å². The molecule has 96 valence electrons. The van der Waals surface area contributed by atoms with Crippen LogP contribution in [0.2, 0.25) is 0 Å². The van der Waals surface area contributed by atoms with Gasteiger partial charge in [0.15, 0.2) is 0 Å². The molecule has 0 aliphatic rings. The van der Waals surface area contributed by atoms with Crippen molar-refractivity contribution in [1.82, 2.24) is 10.5 Å². The number of rotatable bonds is 5. The molecule has 1 N–H and O–H groups in total. The van der Waals surface area contributed by atoms with Crippen molar-refractivity contribution in [2.45, 2.75) is 32.9 Å². The minimum atomic E-state index is -0.197. The first kappa shape index (κ1) is 12.8. The molecular weight excluding hydrogens is 231 g/mol.